The molecule has 1 aliphatic carbocycles. The van der Waals surface area contributed by atoms with E-state index in [1.807, 2.05) is 20.9 Å². The summed E-state index contributed by atoms with van der Waals surface area (Å²) in [5, 5.41) is 6.13. The molecular formula is C45H112F2N4O3. The number of rotatable bonds is 18. The fraction of sp³-hybridized carbons (Fsp3) is 1.00. The number of nitrogens with zero attached hydrogens (tertiary/aromatic N) is 2. The first-order valence-electron chi connectivity index (χ1n) is 21.5. The highest BCUT2D eigenvalue weighted by atomic mass is 19.1. The minimum absolute atomic E-state index is 0. The molecule has 1 fully saturated rings. The van der Waals surface area contributed by atoms with Gasteiger partial charge in [0.2, 0.25) is 0 Å². The Bertz CT molecular complexity index is 412. The van der Waals surface area contributed by atoms with Crippen molar-refractivity contribution >= 4 is 0 Å². The largest absolute Gasteiger partial charge is 0.385 e. The predicted octanol–water partition coefficient (Wildman–Crippen LogP) is 12.5. The van der Waals surface area contributed by atoms with Gasteiger partial charge in [-0.05, 0) is 139 Å². The molecule has 0 heterocycles. The van der Waals surface area contributed by atoms with Gasteiger partial charge >= 0.3 is 0 Å². The van der Waals surface area contributed by atoms with Crippen LogP contribution in [0.3, 0.4) is 0 Å². The molecule has 1 unspecified atom stereocenters. The van der Waals surface area contributed by atoms with Gasteiger partial charge < -0.3 is 34.6 Å². The molecule has 0 aromatic carbocycles. The number of ether oxygens (including phenoxy) is 3. The van der Waals surface area contributed by atoms with Crippen molar-refractivity contribution in [3.63, 3.8) is 0 Å². The number of hydrogen-bond donors (Lipinski definition) is 2. The van der Waals surface area contributed by atoms with Gasteiger partial charge in [0, 0.05) is 34.0 Å². The molecule has 1 atom stereocenters. The van der Waals surface area contributed by atoms with Gasteiger partial charge in [-0.25, -0.2) is 0 Å². The number of hydrogen-bond acceptors (Lipinski definition) is 7. The van der Waals surface area contributed by atoms with Crippen molar-refractivity contribution in [2.24, 2.45) is 11.8 Å². The van der Waals surface area contributed by atoms with Crippen molar-refractivity contribution in [3.05, 3.63) is 0 Å². The van der Waals surface area contributed by atoms with Crippen molar-refractivity contribution in [1.82, 2.24) is 20.4 Å². The van der Waals surface area contributed by atoms with E-state index in [0.29, 0.717) is 19.2 Å². The zero-order valence-corrected chi connectivity index (χ0v) is 40.7. The molecule has 0 saturated heterocycles. The second-order valence-electron chi connectivity index (χ2n) is 13.1. The van der Waals surface area contributed by atoms with Gasteiger partial charge in [0.05, 0.1) is 20.0 Å². The summed E-state index contributed by atoms with van der Waals surface area (Å²) in [6.45, 7) is 39.2. The lowest BCUT2D eigenvalue weighted by molar-refractivity contribution is 0.110. The normalized spacial score (nSPS) is 11.0. The molecule has 0 amide bonds. The highest BCUT2D eigenvalue weighted by Gasteiger charge is 2.15. The van der Waals surface area contributed by atoms with Crippen LogP contribution in [0.1, 0.15) is 169 Å². The van der Waals surface area contributed by atoms with Gasteiger partial charge in [-0.2, -0.15) is 0 Å². The van der Waals surface area contributed by atoms with Crippen LogP contribution >= 0.6 is 0 Å². The Kier molecular flexibility index (Phi) is 129. The van der Waals surface area contributed by atoms with E-state index >= 15 is 0 Å². The maximum atomic E-state index is 11.4. The number of nitrogens with one attached hydrogen (secondary N) is 2. The zero-order valence-electron chi connectivity index (χ0n) is 40.7. The molecule has 0 radical (unpaired) electrons. The molecule has 1 saturated carbocycles. The Hall–Kier alpha value is -0.420. The van der Waals surface area contributed by atoms with Crippen LogP contribution in [0.15, 0.2) is 0 Å². The van der Waals surface area contributed by atoms with Crippen LogP contribution in [-0.4, -0.2) is 131 Å². The van der Waals surface area contributed by atoms with Crippen molar-refractivity contribution in [2.75, 3.05) is 115 Å². The summed E-state index contributed by atoms with van der Waals surface area (Å²) in [7, 11) is 12.2. The molecule has 9 heteroatoms. The Morgan fingerprint density at radius 3 is 1.19 bits per heavy atom. The van der Waals surface area contributed by atoms with Crippen LogP contribution in [0.25, 0.3) is 0 Å². The molecule has 0 aromatic heterocycles. The molecule has 0 bridgehead atoms. The fourth-order valence-corrected chi connectivity index (χ4v) is 3.33. The summed E-state index contributed by atoms with van der Waals surface area (Å²) >= 11 is 0. The molecule has 344 valence electrons. The molecule has 0 spiro atoms. The van der Waals surface area contributed by atoms with Crippen molar-refractivity contribution < 1.29 is 23.0 Å². The third-order valence-corrected chi connectivity index (χ3v) is 6.97. The molecule has 7 nitrogen and oxygen atoms in total. The summed E-state index contributed by atoms with van der Waals surface area (Å²) < 4.78 is 35.5. The Labute approximate surface area is 344 Å². The minimum atomic E-state index is -0.0833. The maximum absolute atomic E-state index is 11.4. The van der Waals surface area contributed by atoms with E-state index in [9.17, 15) is 8.78 Å². The first-order valence-corrected chi connectivity index (χ1v) is 21.5. The second-order valence-corrected chi connectivity index (χ2v) is 13.1. The van der Waals surface area contributed by atoms with Crippen molar-refractivity contribution in [1.29, 1.82) is 0 Å². The van der Waals surface area contributed by atoms with Crippen molar-refractivity contribution in [2.45, 2.75) is 175 Å². The lowest BCUT2D eigenvalue weighted by Gasteiger charge is -2.20. The smallest absolute Gasteiger partial charge is 0.0922 e. The van der Waals surface area contributed by atoms with Crippen LogP contribution in [-0.2, 0) is 14.2 Å². The monoisotopic (exact) mass is 795 g/mol. The van der Waals surface area contributed by atoms with E-state index in [-0.39, 0.29) is 14.1 Å². The first kappa shape index (κ1) is 78.0. The molecular weight excluding hydrogens is 683 g/mol. The maximum Gasteiger partial charge on any atom is 0.0922 e. The van der Waals surface area contributed by atoms with E-state index < -0.39 is 0 Å². The molecule has 1 aliphatic rings. The van der Waals surface area contributed by atoms with Crippen LogP contribution in [0.4, 0.5) is 8.78 Å². The van der Waals surface area contributed by atoms with Gasteiger partial charge in [-0.3, -0.25) is 8.78 Å². The molecule has 0 aliphatic heterocycles. The summed E-state index contributed by atoms with van der Waals surface area (Å²) in [6, 6.07) is 0. The third-order valence-electron chi connectivity index (χ3n) is 6.97. The van der Waals surface area contributed by atoms with Gasteiger partial charge in [0.15, 0.2) is 0 Å². The highest BCUT2D eigenvalue weighted by molar-refractivity contribution is 4.67. The first-order chi connectivity index (χ1) is 25.2. The number of alkyl halides is 2. The molecule has 1 rings (SSSR count). The SMILES string of the molecule is C.CCCC(C)C.CCCC(C)OC.CCCN(C)C.CCCNC.CCCOC.CCN(C)CC.CCNCC.CCOCC.CF.FCC1CCC1. The summed E-state index contributed by atoms with van der Waals surface area (Å²) in [5.41, 5.74) is 0. The van der Waals surface area contributed by atoms with E-state index in [1.54, 1.807) is 14.2 Å². The third kappa shape index (κ3) is 141. The average Bonchev–Trinajstić information content (AvgIpc) is 3.12. The summed E-state index contributed by atoms with van der Waals surface area (Å²) in [4.78, 5) is 4.43. The van der Waals surface area contributed by atoms with Crippen LogP contribution in [0, 0.1) is 11.8 Å². The van der Waals surface area contributed by atoms with E-state index in [2.05, 4.69) is 125 Å². The van der Waals surface area contributed by atoms with Crippen LogP contribution in [0.5, 0.6) is 0 Å². The fourth-order valence-electron chi connectivity index (χ4n) is 3.33. The van der Waals surface area contributed by atoms with E-state index in [4.69, 9.17) is 14.2 Å². The molecule has 0 aromatic rings. The van der Waals surface area contributed by atoms with E-state index in [1.165, 1.54) is 51.5 Å². The topological polar surface area (TPSA) is 58.2 Å². The minimum Gasteiger partial charge on any atom is -0.385 e. The Morgan fingerprint density at radius 1 is 0.704 bits per heavy atom. The Balaban J connectivity index is -0.0000000501. The van der Waals surface area contributed by atoms with Crippen LogP contribution < -0.4 is 10.6 Å². The summed E-state index contributed by atoms with van der Waals surface area (Å²) in [5.74, 6) is 1.35. The van der Waals surface area contributed by atoms with Gasteiger partial charge in [0.1, 0.15) is 0 Å². The lowest BCUT2D eigenvalue weighted by Crippen LogP contribution is -2.15. The summed E-state index contributed by atoms with van der Waals surface area (Å²) in [6.07, 6.45) is 12.7. The lowest BCUT2D eigenvalue weighted by atomic mass is 9.87. The number of halogens is 2. The van der Waals surface area contributed by atoms with Crippen LogP contribution in [0.2, 0.25) is 0 Å². The number of methoxy groups -OCH3 is 2. The van der Waals surface area contributed by atoms with Gasteiger partial charge in [-0.1, -0.05) is 109 Å². The van der Waals surface area contributed by atoms with Gasteiger partial charge in [0.25, 0.3) is 0 Å². The molecule has 54 heavy (non-hydrogen) atoms. The zero-order chi connectivity index (χ0) is 43.6. The Morgan fingerprint density at radius 2 is 1.17 bits per heavy atom. The second kappa shape index (κ2) is 89.3. The van der Waals surface area contributed by atoms with E-state index in [0.717, 1.165) is 77.7 Å². The standard InChI is InChI=1S/C6H14O.C6H14.C5H9F.2C5H13N.2C4H11N.2C4H10O.CH3F.CH4/c1-4-5-6(2)7-3;1-4-5-6(2)3;6-4-5-2-1-3-5;1-4-5-6(2)3;1-4-6(3)5-2;1-3-4-5-2;1-3-5-4-2;1-3-4-5-2;1-3-5-4-2;1-2;/h6H,4-5H2,1-3H3;6H,4-5H2,1-3H3;5H,1-4H2;2*4-5H2,1-3H3;2*5H,3-4H2,1-2H3;2*3-4H2,1-2H3;1H3;1H4. The van der Waals surface area contributed by atoms with Gasteiger partial charge in [-0.15, -0.1) is 0 Å². The van der Waals surface area contributed by atoms with Crippen molar-refractivity contribution in [3.8, 4) is 0 Å². The molecule has 2 N–H and O–H groups in total. The quantitative estimate of drug-likeness (QED) is 0.143. The average molecular weight is 795 g/mol. The predicted molar refractivity (Wildman–Crippen MR) is 249 cm³/mol. The highest BCUT2D eigenvalue weighted by Crippen LogP contribution is 2.25.